The fraction of sp³-hybridized carbons (Fsp3) is 0.444. The van der Waals surface area contributed by atoms with Crippen molar-refractivity contribution in [3.8, 4) is 0 Å². The zero-order valence-corrected chi connectivity index (χ0v) is 9.06. The molecular weight excluding hydrogens is 234 g/mol. The first kappa shape index (κ1) is 10.3. The summed E-state index contributed by atoms with van der Waals surface area (Å²) in [6.07, 6.45) is 0.811. The minimum Gasteiger partial charge on any atom is -0.456 e. The molecule has 0 aromatic carbocycles. The highest BCUT2D eigenvalue weighted by Crippen LogP contribution is 2.07. The molecule has 1 heterocycles. The van der Waals surface area contributed by atoms with Crippen LogP contribution in [0.15, 0.2) is 16.5 Å². The van der Waals surface area contributed by atoms with E-state index in [4.69, 9.17) is 4.42 Å². The van der Waals surface area contributed by atoms with Gasteiger partial charge in [-0.15, -0.1) is 0 Å². The smallest absolute Gasteiger partial charge is 0.287 e. The lowest BCUT2D eigenvalue weighted by atomic mass is 10.3. The fourth-order valence-electron chi connectivity index (χ4n) is 0.938. The first-order chi connectivity index (χ1) is 6.27. The van der Waals surface area contributed by atoms with Gasteiger partial charge >= 0.3 is 0 Å². The molecule has 3 nitrogen and oxygen atoms in total. The summed E-state index contributed by atoms with van der Waals surface area (Å²) >= 11 is 3.22. The largest absolute Gasteiger partial charge is 0.456 e. The molecule has 1 rings (SSSR count). The van der Waals surface area contributed by atoms with Crippen LogP contribution in [0.2, 0.25) is 0 Å². The average Bonchev–Trinajstić information content (AvgIpc) is 2.62. The predicted molar refractivity (Wildman–Crippen MR) is 54.2 cm³/mol. The molecule has 1 N–H and O–H groups in total. The van der Waals surface area contributed by atoms with Crippen LogP contribution in [0, 0.1) is 0 Å². The Balaban J connectivity index is 2.55. The highest BCUT2D eigenvalue weighted by atomic mass is 79.9. The van der Waals surface area contributed by atoms with Crippen molar-refractivity contribution in [1.82, 2.24) is 5.32 Å². The Morgan fingerprint density at radius 2 is 2.38 bits per heavy atom. The van der Waals surface area contributed by atoms with Gasteiger partial charge in [0.25, 0.3) is 5.91 Å². The maximum absolute atomic E-state index is 11.3. The Hall–Kier alpha value is -0.770. The number of furan rings is 1. The summed E-state index contributed by atoms with van der Waals surface area (Å²) in [6, 6.07) is 3.52. The Morgan fingerprint density at radius 1 is 1.62 bits per heavy atom. The van der Waals surface area contributed by atoms with E-state index in [0.29, 0.717) is 12.3 Å². The summed E-state index contributed by atoms with van der Waals surface area (Å²) in [6.45, 7) is 2.60. The first-order valence-electron chi connectivity index (χ1n) is 4.20. The van der Waals surface area contributed by atoms with E-state index in [1.165, 1.54) is 0 Å². The van der Waals surface area contributed by atoms with Gasteiger partial charge in [-0.25, -0.2) is 0 Å². The van der Waals surface area contributed by atoms with Gasteiger partial charge in [0.2, 0.25) is 0 Å². The van der Waals surface area contributed by atoms with Crippen molar-refractivity contribution in [2.45, 2.75) is 13.3 Å². The molecule has 1 aromatic heterocycles. The van der Waals surface area contributed by atoms with Gasteiger partial charge in [-0.05, 0) is 12.1 Å². The van der Waals surface area contributed by atoms with Crippen molar-refractivity contribution in [3.63, 3.8) is 0 Å². The van der Waals surface area contributed by atoms with E-state index >= 15 is 0 Å². The lowest BCUT2D eigenvalue weighted by Crippen LogP contribution is -2.24. The number of hydrogen-bond acceptors (Lipinski definition) is 2. The second-order valence-corrected chi connectivity index (χ2v) is 3.36. The Kier molecular flexibility index (Phi) is 4.02. The SMILES string of the molecule is CCc1ccc(C(=O)NCCBr)o1. The lowest BCUT2D eigenvalue weighted by Gasteiger charge is -1.98. The van der Waals surface area contributed by atoms with Crippen LogP contribution in [-0.2, 0) is 6.42 Å². The molecule has 0 saturated heterocycles. The van der Waals surface area contributed by atoms with E-state index < -0.39 is 0 Å². The summed E-state index contributed by atoms with van der Waals surface area (Å²) < 4.78 is 5.26. The monoisotopic (exact) mass is 245 g/mol. The minimum atomic E-state index is -0.154. The molecule has 0 aliphatic carbocycles. The van der Waals surface area contributed by atoms with Crippen molar-refractivity contribution in [2.24, 2.45) is 0 Å². The highest BCUT2D eigenvalue weighted by Gasteiger charge is 2.08. The lowest BCUT2D eigenvalue weighted by molar-refractivity contribution is 0.0927. The third-order valence-corrected chi connectivity index (χ3v) is 2.01. The van der Waals surface area contributed by atoms with Gasteiger partial charge in [-0.1, -0.05) is 22.9 Å². The van der Waals surface area contributed by atoms with Crippen LogP contribution < -0.4 is 5.32 Å². The number of nitrogens with one attached hydrogen (secondary N) is 1. The zero-order chi connectivity index (χ0) is 9.68. The quantitative estimate of drug-likeness (QED) is 0.825. The van der Waals surface area contributed by atoms with Crippen molar-refractivity contribution in [1.29, 1.82) is 0 Å². The molecule has 0 aliphatic heterocycles. The second-order valence-electron chi connectivity index (χ2n) is 2.56. The molecule has 0 spiro atoms. The van der Waals surface area contributed by atoms with Crippen molar-refractivity contribution < 1.29 is 9.21 Å². The average molecular weight is 246 g/mol. The van der Waals surface area contributed by atoms with Crippen LogP contribution in [0.3, 0.4) is 0 Å². The van der Waals surface area contributed by atoms with E-state index in [1.807, 2.05) is 13.0 Å². The topological polar surface area (TPSA) is 42.2 Å². The van der Waals surface area contributed by atoms with Gasteiger partial charge in [0.1, 0.15) is 5.76 Å². The number of aryl methyl sites for hydroxylation is 1. The summed E-state index contributed by atoms with van der Waals surface area (Å²) in [5.74, 6) is 1.07. The van der Waals surface area contributed by atoms with Crippen LogP contribution >= 0.6 is 15.9 Å². The second kappa shape index (κ2) is 5.07. The van der Waals surface area contributed by atoms with E-state index in [0.717, 1.165) is 17.5 Å². The van der Waals surface area contributed by atoms with Gasteiger partial charge in [0.05, 0.1) is 0 Å². The number of alkyl halides is 1. The standard InChI is InChI=1S/C9H12BrNO2/c1-2-7-3-4-8(13-7)9(12)11-6-5-10/h3-4H,2,5-6H2,1H3,(H,11,12). The van der Waals surface area contributed by atoms with Crippen molar-refractivity contribution >= 4 is 21.8 Å². The molecular formula is C9H12BrNO2. The predicted octanol–water partition coefficient (Wildman–Crippen LogP) is 1.97. The summed E-state index contributed by atoms with van der Waals surface area (Å²) in [5.41, 5.74) is 0. The molecule has 0 aliphatic rings. The Labute approximate surface area is 85.6 Å². The molecule has 0 unspecified atom stereocenters. The number of hydrogen-bond donors (Lipinski definition) is 1. The van der Waals surface area contributed by atoms with E-state index in [-0.39, 0.29) is 5.91 Å². The Morgan fingerprint density at radius 3 is 2.92 bits per heavy atom. The number of carbonyl (C=O) groups excluding carboxylic acids is 1. The first-order valence-corrected chi connectivity index (χ1v) is 5.33. The molecule has 13 heavy (non-hydrogen) atoms. The summed E-state index contributed by atoms with van der Waals surface area (Å²) in [4.78, 5) is 11.3. The minimum absolute atomic E-state index is 0.154. The van der Waals surface area contributed by atoms with Gasteiger partial charge in [0.15, 0.2) is 5.76 Å². The molecule has 1 amide bonds. The third-order valence-electron chi connectivity index (χ3n) is 1.61. The highest BCUT2D eigenvalue weighted by molar-refractivity contribution is 9.09. The van der Waals surface area contributed by atoms with Crippen LogP contribution in [0.1, 0.15) is 23.2 Å². The molecule has 0 bridgehead atoms. The molecule has 4 heteroatoms. The van der Waals surface area contributed by atoms with E-state index in [1.54, 1.807) is 6.07 Å². The van der Waals surface area contributed by atoms with Gasteiger partial charge in [0, 0.05) is 18.3 Å². The maximum Gasteiger partial charge on any atom is 0.287 e. The van der Waals surface area contributed by atoms with E-state index in [2.05, 4.69) is 21.2 Å². The molecule has 0 saturated carbocycles. The number of rotatable bonds is 4. The molecule has 0 fully saturated rings. The van der Waals surface area contributed by atoms with Gasteiger partial charge in [-0.3, -0.25) is 4.79 Å². The normalized spacial score (nSPS) is 10.0. The van der Waals surface area contributed by atoms with Crippen LogP contribution in [0.25, 0.3) is 0 Å². The summed E-state index contributed by atoms with van der Waals surface area (Å²) in [5, 5.41) is 3.46. The van der Waals surface area contributed by atoms with Crippen LogP contribution in [0.5, 0.6) is 0 Å². The number of carbonyl (C=O) groups is 1. The van der Waals surface area contributed by atoms with Crippen LogP contribution in [0.4, 0.5) is 0 Å². The Bertz CT molecular complexity index is 283. The van der Waals surface area contributed by atoms with Gasteiger partial charge in [-0.2, -0.15) is 0 Å². The van der Waals surface area contributed by atoms with Crippen LogP contribution in [-0.4, -0.2) is 17.8 Å². The fourth-order valence-corrected chi connectivity index (χ4v) is 1.14. The van der Waals surface area contributed by atoms with Gasteiger partial charge < -0.3 is 9.73 Å². The van der Waals surface area contributed by atoms with Crippen molar-refractivity contribution in [3.05, 3.63) is 23.7 Å². The molecule has 72 valence electrons. The summed E-state index contributed by atoms with van der Waals surface area (Å²) in [7, 11) is 0. The number of amides is 1. The molecule has 0 radical (unpaired) electrons. The molecule has 1 aromatic rings. The maximum atomic E-state index is 11.3. The zero-order valence-electron chi connectivity index (χ0n) is 7.47. The van der Waals surface area contributed by atoms with Crippen molar-refractivity contribution in [2.75, 3.05) is 11.9 Å². The number of halogens is 1. The molecule has 0 atom stereocenters. The van der Waals surface area contributed by atoms with E-state index in [9.17, 15) is 4.79 Å². The third kappa shape index (κ3) is 2.88.